The number of rotatable bonds is 6. The number of sulfone groups is 1. The molecule has 8 heteroatoms. The van der Waals surface area contributed by atoms with E-state index in [9.17, 15) is 12.8 Å². The van der Waals surface area contributed by atoms with E-state index < -0.39 is 15.7 Å². The number of halogens is 1. The monoisotopic (exact) mass is 445 g/mol. The smallest absolute Gasteiger partial charge is 0.238 e. The summed E-state index contributed by atoms with van der Waals surface area (Å²) in [6.45, 7) is 2.01. The van der Waals surface area contributed by atoms with E-state index in [4.69, 9.17) is 4.42 Å². The summed E-state index contributed by atoms with van der Waals surface area (Å²) in [6, 6.07) is 16.4. The molecule has 0 amide bonds. The lowest BCUT2D eigenvalue weighted by atomic mass is 10.2. The lowest BCUT2D eigenvalue weighted by Crippen LogP contribution is -2.04. The van der Waals surface area contributed by atoms with Crippen LogP contribution in [0.2, 0.25) is 0 Å². The van der Waals surface area contributed by atoms with Crippen LogP contribution in [0.4, 0.5) is 4.39 Å². The highest BCUT2D eigenvalue weighted by molar-refractivity contribution is 7.99. The van der Waals surface area contributed by atoms with Crippen LogP contribution in [0.1, 0.15) is 11.1 Å². The number of thiophene rings is 1. The molecule has 4 rings (SSSR count). The first-order valence-corrected chi connectivity index (χ1v) is 12.0. The second-order valence-corrected chi connectivity index (χ2v) is 10.1. The summed E-state index contributed by atoms with van der Waals surface area (Å²) >= 11 is 2.68. The number of oxazole rings is 1. The molecule has 0 spiro atoms. The summed E-state index contributed by atoms with van der Waals surface area (Å²) in [5.74, 6) is 0.287. The summed E-state index contributed by atoms with van der Waals surface area (Å²) in [7, 11) is -3.96. The predicted molar refractivity (Wildman–Crippen MR) is 112 cm³/mol. The molecule has 0 N–H and O–H groups in total. The van der Waals surface area contributed by atoms with Gasteiger partial charge in [0.05, 0.1) is 9.77 Å². The van der Waals surface area contributed by atoms with E-state index in [1.54, 1.807) is 0 Å². The number of aryl methyl sites for hydroxylation is 1. The van der Waals surface area contributed by atoms with Crippen LogP contribution in [0, 0.1) is 12.7 Å². The van der Waals surface area contributed by atoms with Gasteiger partial charge in [0.15, 0.2) is 0 Å². The van der Waals surface area contributed by atoms with Crippen LogP contribution in [0.25, 0.3) is 10.8 Å². The number of nitrogens with zero attached hydrogens (tertiary/aromatic N) is 1. The van der Waals surface area contributed by atoms with Crippen molar-refractivity contribution in [2.24, 2.45) is 0 Å². The molecule has 0 saturated heterocycles. The van der Waals surface area contributed by atoms with Crippen LogP contribution in [-0.2, 0) is 15.6 Å². The summed E-state index contributed by atoms with van der Waals surface area (Å²) in [4.78, 5) is 5.00. The van der Waals surface area contributed by atoms with Crippen LogP contribution >= 0.6 is 23.1 Å². The topological polar surface area (TPSA) is 60.2 Å². The van der Waals surface area contributed by atoms with Gasteiger partial charge in [0, 0.05) is 5.75 Å². The standard InChI is InChI=1S/C21H16FNO3S3/c1-14-4-6-15(7-5-14)13-28-21-20(23-19(26-21)18-3-2-12-27-18)29(24,25)17-10-8-16(22)9-11-17/h2-12H,13H2,1H3. The summed E-state index contributed by atoms with van der Waals surface area (Å²) in [5, 5.41) is 1.94. The quantitative estimate of drug-likeness (QED) is 0.270. The largest absolute Gasteiger partial charge is 0.428 e. The fourth-order valence-corrected chi connectivity index (χ4v) is 5.75. The van der Waals surface area contributed by atoms with Crippen molar-refractivity contribution in [3.63, 3.8) is 0 Å². The molecule has 148 valence electrons. The van der Waals surface area contributed by atoms with Gasteiger partial charge in [-0.2, -0.15) is 4.98 Å². The molecule has 0 aliphatic heterocycles. The molecule has 2 aromatic carbocycles. The van der Waals surface area contributed by atoms with Crippen molar-refractivity contribution >= 4 is 32.9 Å². The van der Waals surface area contributed by atoms with Crippen molar-refractivity contribution in [2.45, 2.75) is 27.7 Å². The average molecular weight is 446 g/mol. The van der Waals surface area contributed by atoms with E-state index in [0.29, 0.717) is 5.75 Å². The maximum Gasteiger partial charge on any atom is 0.238 e. The lowest BCUT2D eigenvalue weighted by molar-refractivity contribution is 0.471. The van der Waals surface area contributed by atoms with Crippen LogP contribution in [0.15, 0.2) is 85.5 Å². The third-order valence-electron chi connectivity index (χ3n) is 4.17. The Kier molecular flexibility index (Phi) is 5.58. The van der Waals surface area contributed by atoms with Gasteiger partial charge < -0.3 is 4.42 Å². The van der Waals surface area contributed by atoms with Gasteiger partial charge in [-0.25, -0.2) is 12.8 Å². The molecule has 0 radical (unpaired) electrons. The predicted octanol–water partition coefficient (Wildman–Crippen LogP) is 5.98. The zero-order chi connectivity index (χ0) is 20.4. The number of hydrogen-bond donors (Lipinski definition) is 0. The number of aromatic nitrogens is 1. The number of hydrogen-bond acceptors (Lipinski definition) is 6. The highest BCUT2D eigenvalue weighted by Gasteiger charge is 2.29. The lowest BCUT2D eigenvalue weighted by Gasteiger charge is -2.04. The molecule has 29 heavy (non-hydrogen) atoms. The molecule has 0 bridgehead atoms. The van der Waals surface area contributed by atoms with Gasteiger partial charge in [-0.1, -0.05) is 47.7 Å². The van der Waals surface area contributed by atoms with Crippen molar-refractivity contribution in [3.8, 4) is 10.8 Å². The zero-order valence-electron chi connectivity index (χ0n) is 15.3. The SMILES string of the molecule is Cc1ccc(CSc2oc(-c3cccs3)nc2S(=O)(=O)c2ccc(F)cc2)cc1. The van der Waals surface area contributed by atoms with Crippen LogP contribution < -0.4 is 0 Å². The maximum atomic E-state index is 13.3. The summed E-state index contributed by atoms with van der Waals surface area (Å²) in [5.41, 5.74) is 2.19. The van der Waals surface area contributed by atoms with Gasteiger partial charge in [0.1, 0.15) is 5.82 Å². The molecule has 2 aromatic heterocycles. The van der Waals surface area contributed by atoms with Crippen molar-refractivity contribution in [2.75, 3.05) is 0 Å². The normalized spacial score (nSPS) is 11.7. The molecule has 4 aromatic rings. The third-order valence-corrected chi connectivity index (χ3v) is 7.85. The molecular formula is C21H16FNO3S3. The van der Waals surface area contributed by atoms with E-state index in [2.05, 4.69) is 4.98 Å². The van der Waals surface area contributed by atoms with Crippen LogP contribution in [-0.4, -0.2) is 13.4 Å². The molecule has 0 atom stereocenters. The fourth-order valence-electron chi connectivity index (χ4n) is 2.62. The Bertz CT molecular complexity index is 1210. The van der Waals surface area contributed by atoms with Crippen LogP contribution in [0.5, 0.6) is 0 Å². The molecule has 0 aliphatic carbocycles. The number of benzene rings is 2. The highest BCUT2D eigenvalue weighted by Crippen LogP contribution is 2.37. The Balaban J connectivity index is 1.73. The average Bonchev–Trinajstić information content (AvgIpc) is 3.38. The first kappa shape index (κ1) is 19.9. The van der Waals surface area contributed by atoms with E-state index >= 15 is 0 Å². The highest BCUT2D eigenvalue weighted by atomic mass is 32.2. The van der Waals surface area contributed by atoms with Gasteiger partial charge in [-0.3, -0.25) is 0 Å². The third kappa shape index (κ3) is 4.29. The first-order valence-electron chi connectivity index (χ1n) is 8.67. The van der Waals surface area contributed by atoms with Crippen molar-refractivity contribution < 1.29 is 17.2 Å². The van der Waals surface area contributed by atoms with Gasteiger partial charge in [-0.05, 0) is 48.2 Å². The molecule has 4 nitrogen and oxygen atoms in total. The second-order valence-electron chi connectivity index (χ2n) is 6.32. The summed E-state index contributed by atoms with van der Waals surface area (Å²) < 4.78 is 45.4. The zero-order valence-corrected chi connectivity index (χ0v) is 17.8. The Labute approximate surface area is 176 Å². The second kappa shape index (κ2) is 8.14. The minimum atomic E-state index is -3.96. The first-order chi connectivity index (χ1) is 13.9. The maximum absolute atomic E-state index is 13.3. The van der Waals surface area contributed by atoms with Gasteiger partial charge in [-0.15, -0.1) is 11.3 Å². The van der Waals surface area contributed by atoms with Crippen molar-refractivity contribution in [1.29, 1.82) is 0 Å². The van der Waals surface area contributed by atoms with Crippen molar-refractivity contribution in [3.05, 3.63) is 83.0 Å². The van der Waals surface area contributed by atoms with E-state index in [-0.39, 0.29) is 20.9 Å². The Hall–Kier alpha value is -2.42. The van der Waals surface area contributed by atoms with E-state index in [1.165, 1.54) is 35.2 Å². The fraction of sp³-hybridized carbons (Fsp3) is 0.0952. The Morgan fingerprint density at radius 2 is 1.79 bits per heavy atom. The van der Waals surface area contributed by atoms with E-state index in [0.717, 1.165) is 28.1 Å². The van der Waals surface area contributed by atoms with Gasteiger partial charge in [0.2, 0.25) is 25.8 Å². The molecule has 0 unspecified atom stereocenters. The molecule has 0 fully saturated rings. The molecule has 0 saturated carbocycles. The van der Waals surface area contributed by atoms with Crippen LogP contribution in [0.3, 0.4) is 0 Å². The Morgan fingerprint density at radius 1 is 1.07 bits per heavy atom. The minimum absolute atomic E-state index is 0.0258. The minimum Gasteiger partial charge on any atom is -0.428 e. The van der Waals surface area contributed by atoms with E-state index in [1.807, 2.05) is 48.7 Å². The van der Waals surface area contributed by atoms with Crippen molar-refractivity contribution in [1.82, 2.24) is 4.98 Å². The molecular weight excluding hydrogens is 429 g/mol. The summed E-state index contributed by atoms with van der Waals surface area (Å²) in [6.07, 6.45) is 0. The van der Waals surface area contributed by atoms with Gasteiger partial charge >= 0.3 is 0 Å². The number of thioether (sulfide) groups is 1. The molecule has 0 aliphatic rings. The molecule has 2 heterocycles. The Morgan fingerprint density at radius 3 is 2.45 bits per heavy atom. The van der Waals surface area contributed by atoms with Gasteiger partial charge in [0.25, 0.3) is 0 Å².